The molecule has 1 atom stereocenters. The van der Waals surface area contributed by atoms with E-state index in [0.29, 0.717) is 5.69 Å². The number of carbonyl (C=O) groups is 1. The van der Waals surface area contributed by atoms with E-state index in [4.69, 9.17) is 10.9 Å². The summed E-state index contributed by atoms with van der Waals surface area (Å²) in [5, 5.41) is 7.85. The van der Waals surface area contributed by atoms with Crippen molar-refractivity contribution in [1.29, 1.82) is 0 Å². The van der Waals surface area contributed by atoms with Crippen LogP contribution in [0.2, 0.25) is 0 Å². The summed E-state index contributed by atoms with van der Waals surface area (Å²) < 4.78 is 22.9. The molecule has 1 aromatic carbocycles. The van der Waals surface area contributed by atoms with Gasteiger partial charge in [0.25, 0.3) is 0 Å². The molecule has 0 aliphatic heterocycles. The molecule has 21 heavy (non-hydrogen) atoms. The largest absolute Gasteiger partial charge is 0.327 e. The normalized spacial score (nSPS) is 13.3. The van der Waals surface area contributed by atoms with Crippen molar-refractivity contribution in [3.63, 3.8) is 0 Å². The second-order valence-electron chi connectivity index (χ2n) is 5.62. The number of amides is 1. The van der Waals surface area contributed by atoms with E-state index in [2.05, 4.69) is 5.32 Å². The Morgan fingerprint density at radius 3 is 2.33 bits per heavy atom. The Balaban J connectivity index is 3.03. The van der Waals surface area contributed by atoms with Gasteiger partial charge in [-0.25, -0.2) is 13.6 Å². The maximum atomic E-state index is 12.0. The van der Waals surface area contributed by atoms with Crippen LogP contribution in [0.1, 0.15) is 31.4 Å². The number of nitrogens with two attached hydrogens (primary N) is 2. The quantitative estimate of drug-likeness (QED) is 0.759. The predicted octanol–water partition coefficient (Wildman–Crippen LogP) is 1.26. The molecule has 5 N–H and O–H groups in total. The number of anilines is 1. The first kappa shape index (κ1) is 17.6. The molecular weight excluding hydrogens is 290 g/mol. The van der Waals surface area contributed by atoms with Crippen molar-refractivity contribution in [1.82, 2.24) is 0 Å². The average molecular weight is 313 g/mol. The van der Waals surface area contributed by atoms with Crippen LogP contribution in [0.5, 0.6) is 0 Å². The van der Waals surface area contributed by atoms with Gasteiger partial charge >= 0.3 is 0 Å². The minimum atomic E-state index is -3.81. The van der Waals surface area contributed by atoms with Crippen LogP contribution in [0.15, 0.2) is 17.0 Å². The zero-order valence-corrected chi connectivity index (χ0v) is 13.6. The van der Waals surface area contributed by atoms with E-state index in [1.165, 1.54) is 12.1 Å². The standard InChI is InChI=1S/C14H23N3O3S/c1-8(2)12(15)7-14(18)17-13-6-11(21(16,19)20)5-9(3)10(13)4/h5-6,8,12H,7,15H2,1-4H3,(H,17,18)(H2,16,19,20). The molecule has 0 radical (unpaired) electrons. The first-order valence-electron chi connectivity index (χ1n) is 6.72. The van der Waals surface area contributed by atoms with Crippen molar-refractivity contribution in [2.75, 3.05) is 5.32 Å². The highest BCUT2D eigenvalue weighted by Crippen LogP contribution is 2.23. The molecule has 0 saturated carbocycles. The number of aryl methyl sites for hydroxylation is 1. The molecule has 1 rings (SSSR count). The lowest BCUT2D eigenvalue weighted by Gasteiger charge is -2.17. The Morgan fingerprint density at radius 1 is 1.29 bits per heavy atom. The summed E-state index contributed by atoms with van der Waals surface area (Å²) in [6.45, 7) is 7.45. The van der Waals surface area contributed by atoms with Crippen molar-refractivity contribution in [3.05, 3.63) is 23.3 Å². The van der Waals surface area contributed by atoms with Gasteiger partial charge in [0.1, 0.15) is 0 Å². The molecule has 0 bridgehead atoms. The van der Waals surface area contributed by atoms with Gasteiger partial charge < -0.3 is 11.1 Å². The van der Waals surface area contributed by atoms with Gasteiger partial charge in [0.2, 0.25) is 15.9 Å². The zero-order valence-electron chi connectivity index (χ0n) is 12.8. The highest BCUT2D eigenvalue weighted by molar-refractivity contribution is 7.89. The number of rotatable bonds is 5. The highest BCUT2D eigenvalue weighted by atomic mass is 32.2. The lowest BCUT2D eigenvalue weighted by atomic mass is 10.0. The van der Waals surface area contributed by atoms with Crippen molar-refractivity contribution < 1.29 is 13.2 Å². The van der Waals surface area contributed by atoms with Gasteiger partial charge in [-0.05, 0) is 43.0 Å². The Labute approximate surface area is 126 Å². The van der Waals surface area contributed by atoms with Gasteiger partial charge in [-0.15, -0.1) is 0 Å². The van der Waals surface area contributed by atoms with Crippen LogP contribution in [-0.2, 0) is 14.8 Å². The number of carbonyl (C=O) groups excluding carboxylic acids is 1. The predicted molar refractivity (Wildman–Crippen MR) is 83.3 cm³/mol. The van der Waals surface area contributed by atoms with E-state index in [0.717, 1.165) is 11.1 Å². The number of hydrogen-bond donors (Lipinski definition) is 3. The molecule has 6 nitrogen and oxygen atoms in total. The van der Waals surface area contributed by atoms with E-state index in [1.807, 2.05) is 13.8 Å². The van der Waals surface area contributed by atoms with Crippen molar-refractivity contribution in [2.45, 2.75) is 45.1 Å². The minimum Gasteiger partial charge on any atom is -0.327 e. The summed E-state index contributed by atoms with van der Waals surface area (Å²) in [6.07, 6.45) is 0.176. The van der Waals surface area contributed by atoms with E-state index in [-0.39, 0.29) is 29.2 Å². The molecule has 1 amide bonds. The maximum Gasteiger partial charge on any atom is 0.238 e. The molecular formula is C14H23N3O3S. The fourth-order valence-electron chi connectivity index (χ4n) is 1.77. The van der Waals surface area contributed by atoms with Gasteiger partial charge in [-0.2, -0.15) is 0 Å². The Kier molecular flexibility index (Phi) is 5.49. The monoisotopic (exact) mass is 313 g/mol. The van der Waals surface area contributed by atoms with E-state index >= 15 is 0 Å². The molecule has 0 aliphatic carbocycles. The highest BCUT2D eigenvalue weighted by Gasteiger charge is 2.16. The Hall–Kier alpha value is -1.44. The molecule has 0 aromatic heterocycles. The molecule has 7 heteroatoms. The first-order chi connectivity index (χ1) is 9.52. The molecule has 0 fully saturated rings. The number of sulfonamides is 1. The van der Waals surface area contributed by atoms with Crippen molar-refractivity contribution in [2.24, 2.45) is 16.8 Å². The second kappa shape index (κ2) is 6.55. The van der Waals surface area contributed by atoms with Gasteiger partial charge in [-0.3, -0.25) is 4.79 Å². The lowest BCUT2D eigenvalue weighted by Crippen LogP contribution is -2.31. The van der Waals surface area contributed by atoms with Crippen molar-refractivity contribution >= 4 is 21.6 Å². The van der Waals surface area contributed by atoms with E-state index < -0.39 is 10.0 Å². The van der Waals surface area contributed by atoms with Crippen LogP contribution < -0.4 is 16.2 Å². The summed E-state index contributed by atoms with van der Waals surface area (Å²) in [5.74, 6) is -0.0559. The third-order valence-corrected chi connectivity index (χ3v) is 4.41. The zero-order chi connectivity index (χ0) is 16.4. The van der Waals surface area contributed by atoms with Gasteiger partial charge in [0.15, 0.2) is 0 Å². The minimum absolute atomic E-state index is 0.0194. The van der Waals surface area contributed by atoms with Gasteiger partial charge in [0.05, 0.1) is 4.90 Å². The average Bonchev–Trinajstić information content (AvgIpc) is 2.33. The van der Waals surface area contributed by atoms with Crippen LogP contribution in [0, 0.1) is 19.8 Å². The SMILES string of the molecule is Cc1cc(S(N)(=O)=O)cc(NC(=O)CC(N)C(C)C)c1C. The molecule has 1 aromatic rings. The molecule has 0 aliphatic rings. The summed E-state index contributed by atoms with van der Waals surface area (Å²) in [6, 6.07) is 2.62. The first-order valence-corrected chi connectivity index (χ1v) is 8.26. The second-order valence-corrected chi connectivity index (χ2v) is 7.18. The van der Waals surface area contributed by atoms with E-state index in [9.17, 15) is 13.2 Å². The van der Waals surface area contributed by atoms with Crippen LogP contribution in [-0.4, -0.2) is 20.4 Å². The van der Waals surface area contributed by atoms with Crippen LogP contribution in [0.25, 0.3) is 0 Å². The number of nitrogens with one attached hydrogen (secondary N) is 1. The smallest absolute Gasteiger partial charge is 0.238 e. The van der Waals surface area contributed by atoms with Crippen LogP contribution >= 0.6 is 0 Å². The third-order valence-electron chi connectivity index (χ3n) is 3.52. The summed E-state index contributed by atoms with van der Waals surface area (Å²) >= 11 is 0. The topological polar surface area (TPSA) is 115 Å². The van der Waals surface area contributed by atoms with Crippen LogP contribution in [0.3, 0.4) is 0 Å². The number of benzene rings is 1. The Bertz CT molecular complexity index is 639. The molecule has 0 spiro atoms. The maximum absolute atomic E-state index is 12.0. The molecule has 1 unspecified atom stereocenters. The van der Waals surface area contributed by atoms with Crippen LogP contribution in [0.4, 0.5) is 5.69 Å². The molecule has 118 valence electrons. The summed E-state index contributed by atoms with van der Waals surface area (Å²) in [4.78, 5) is 12.0. The summed E-state index contributed by atoms with van der Waals surface area (Å²) in [5.41, 5.74) is 7.85. The Morgan fingerprint density at radius 2 is 1.86 bits per heavy atom. The lowest BCUT2D eigenvalue weighted by molar-refractivity contribution is -0.116. The summed E-state index contributed by atoms with van der Waals surface area (Å²) in [7, 11) is -3.81. The molecule has 0 heterocycles. The van der Waals surface area contributed by atoms with E-state index in [1.54, 1.807) is 13.8 Å². The van der Waals surface area contributed by atoms with Crippen molar-refractivity contribution in [3.8, 4) is 0 Å². The van der Waals surface area contributed by atoms with Gasteiger partial charge in [-0.1, -0.05) is 13.8 Å². The molecule has 0 saturated heterocycles. The van der Waals surface area contributed by atoms with Gasteiger partial charge in [0, 0.05) is 18.2 Å². The fraction of sp³-hybridized carbons (Fsp3) is 0.500. The number of primary sulfonamides is 1. The third kappa shape index (κ3) is 4.80. The fourth-order valence-corrected chi connectivity index (χ4v) is 2.39. The number of hydrogen-bond acceptors (Lipinski definition) is 4.